The van der Waals surface area contributed by atoms with Crippen molar-refractivity contribution in [1.29, 1.82) is 0 Å². The lowest BCUT2D eigenvalue weighted by atomic mass is 10.2. The average molecular weight is 318 g/mol. The molecule has 0 saturated carbocycles. The number of benzene rings is 1. The number of hydrogen-bond acceptors (Lipinski definition) is 5. The number of hydrogen-bond donors (Lipinski definition) is 1. The Labute approximate surface area is 135 Å². The first-order chi connectivity index (χ1) is 10.8. The van der Waals surface area contributed by atoms with Gasteiger partial charge >= 0.3 is 0 Å². The van der Waals surface area contributed by atoms with Crippen LogP contribution in [-0.2, 0) is 0 Å². The number of halogens is 1. The molecule has 3 rings (SSSR count). The first-order valence-corrected chi connectivity index (χ1v) is 7.93. The molecule has 1 aromatic carbocycles. The third kappa shape index (κ3) is 4.08. The van der Waals surface area contributed by atoms with Crippen LogP contribution in [-0.4, -0.2) is 54.1 Å². The quantitative estimate of drug-likeness (QED) is 0.917. The summed E-state index contributed by atoms with van der Waals surface area (Å²) in [6, 6.07) is 10.6. The second-order valence-electron chi connectivity index (χ2n) is 5.32. The Kier molecular flexibility index (Phi) is 5.08. The van der Waals surface area contributed by atoms with Crippen LogP contribution >= 0.6 is 11.6 Å². The summed E-state index contributed by atoms with van der Waals surface area (Å²) in [4.78, 5) is 13.2. The van der Waals surface area contributed by atoms with Gasteiger partial charge in [-0.05, 0) is 12.1 Å². The highest BCUT2D eigenvalue weighted by atomic mass is 35.5. The van der Waals surface area contributed by atoms with Gasteiger partial charge in [-0.15, -0.1) is 0 Å². The van der Waals surface area contributed by atoms with E-state index in [1.54, 1.807) is 12.4 Å². The van der Waals surface area contributed by atoms with Gasteiger partial charge in [-0.3, -0.25) is 4.90 Å². The lowest BCUT2D eigenvalue weighted by molar-refractivity contribution is 0.267. The fourth-order valence-corrected chi connectivity index (χ4v) is 2.70. The molecule has 0 bridgehead atoms. The van der Waals surface area contributed by atoms with Crippen molar-refractivity contribution in [1.82, 2.24) is 14.9 Å². The Morgan fingerprint density at radius 2 is 1.68 bits per heavy atom. The zero-order valence-electron chi connectivity index (χ0n) is 12.5. The third-order valence-corrected chi connectivity index (χ3v) is 4.02. The number of rotatable bonds is 5. The first kappa shape index (κ1) is 15.1. The van der Waals surface area contributed by atoms with Crippen LogP contribution in [0.2, 0.25) is 5.02 Å². The summed E-state index contributed by atoms with van der Waals surface area (Å²) in [6.45, 7) is 6.14. The fourth-order valence-electron chi connectivity index (χ4n) is 2.60. The molecular weight excluding hydrogens is 298 g/mol. The van der Waals surface area contributed by atoms with E-state index in [9.17, 15) is 0 Å². The molecule has 6 heteroatoms. The molecule has 1 aromatic heterocycles. The standard InChI is InChI=1S/C16H20ClN5/c17-14-12-19-16(20-13-14)18-6-7-21-8-10-22(11-9-21)15-4-2-1-3-5-15/h1-5,12-13H,6-11H2,(H,18,19,20). The number of nitrogens with zero attached hydrogens (tertiary/aromatic N) is 4. The van der Waals surface area contributed by atoms with Crippen LogP contribution < -0.4 is 10.2 Å². The van der Waals surface area contributed by atoms with Crippen LogP contribution in [0.15, 0.2) is 42.7 Å². The largest absolute Gasteiger partial charge is 0.369 e. The predicted molar refractivity (Wildman–Crippen MR) is 90.6 cm³/mol. The highest BCUT2D eigenvalue weighted by Gasteiger charge is 2.16. The molecule has 1 aliphatic heterocycles. The van der Waals surface area contributed by atoms with Crippen LogP contribution in [0.25, 0.3) is 0 Å². The molecule has 0 aliphatic carbocycles. The summed E-state index contributed by atoms with van der Waals surface area (Å²) < 4.78 is 0. The van der Waals surface area contributed by atoms with E-state index in [4.69, 9.17) is 11.6 Å². The van der Waals surface area contributed by atoms with Crippen molar-refractivity contribution in [3.05, 3.63) is 47.7 Å². The van der Waals surface area contributed by atoms with Gasteiger partial charge in [-0.2, -0.15) is 0 Å². The van der Waals surface area contributed by atoms with E-state index in [2.05, 4.69) is 55.4 Å². The van der Waals surface area contributed by atoms with E-state index in [1.807, 2.05) is 0 Å². The average Bonchev–Trinajstić information content (AvgIpc) is 2.58. The maximum atomic E-state index is 5.77. The van der Waals surface area contributed by atoms with Gasteiger partial charge < -0.3 is 10.2 Å². The Balaban J connectivity index is 1.40. The molecular formula is C16H20ClN5. The molecule has 0 amide bonds. The van der Waals surface area contributed by atoms with E-state index in [0.717, 1.165) is 39.3 Å². The van der Waals surface area contributed by atoms with Gasteiger partial charge in [0.25, 0.3) is 0 Å². The van der Waals surface area contributed by atoms with Gasteiger partial charge in [-0.25, -0.2) is 9.97 Å². The van der Waals surface area contributed by atoms with Crippen molar-refractivity contribution in [2.24, 2.45) is 0 Å². The van der Waals surface area contributed by atoms with E-state index in [1.165, 1.54) is 5.69 Å². The topological polar surface area (TPSA) is 44.3 Å². The Morgan fingerprint density at radius 1 is 1.00 bits per heavy atom. The summed E-state index contributed by atoms with van der Waals surface area (Å²) in [6.07, 6.45) is 3.21. The van der Waals surface area contributed by atoms with Crippen molar-refractivity contribution in [3.8, 4) is 0 Å². The SMILES string of the molecule is Clc1cnc(NCCN2CCN(c3ccccc3)CC2)nc1. The second kappa shape index (κ2) is 7.42. The van der Waals surface area contributed by atoms with Gasteiger partial charge in [0, 0.05) is 45.0 Å². The minimum Gasteiger partial charge on any atom is -0.369 e. The molecule has 0 unspecified atom stereocenters. The Morgan fingerprint density at radius 3 is 2.36 bits per heavy atom. The first-order valence-electron chi connectivity index (χ1n) is 7.55. The van der Waals surface area contributed by atoms with Gasteiger partial charge in [0.1, 0.15) is 0 Å². The van der Waals surface area contributed by atoms with Crippen LogP contribution in [0.3, 0.4) is 0 Å². The molecule has 22 heavy (non-hydrogen) atoms. The van der Waals surface area contributed by atoms with Crippen LogP contribution in [0.1, 0.15) is 0 Å². The number of aromatic nitrogens is 2. The van der Waals surface area contributed by atoms with Crippen LogP contribution in [0, 0.1) is 0 Å². The van der Waals surface area contributed by atoms with E-state index in [-0.39, 0.29) is 0 Å². The number of para-hydroxylation sites is 1. The number of piperazine rings is 1. The molecule has 5 nitrogen and oxygen atoms in total. The zero-order chi connectivity index (χ0) is 15.2. The minimum atomic E-state index is 0.558. The monoisotopic (exact) mass is 317 g/mol. The van der Waals surface area contributed by atoms with E-state index >= 15 is 0 Å². The van der Waals surface area contributed by atoms with E-state index < -0.39 is 0 Å². The third-order valence-electron chi connectivity index (χ3n) is 3.83. The molecule has 1 saturated heterocycles. The fraction of sp³-hybridized carbons (Fsp3) is 0.375. The molecule has 116 valence electrons. The van der Waals surface area contributed by atoms with Gasteiger partial charge in [-0.1, -0.05) is 29.8 Å². The molecule has 0 spiro atoms. The Hall–Kier alpha value is -1.85. The molecule has 0 atom stereocenters. The summed E-state index contributed by atoms with van der Waals surface area (Å²) in [5, 5.41) is 3.78. The van der Waals surface area contributed by atoms with Crippen LogP contribution in [0.5, 0.6) is 0 Å². The maximum Gasteiger partial charge on any atom is 0.222 e. The normalized spacial score (nSPS) is 15.8. The molecule has 1 N–H and O–H groups in total. The predicted octanol–water partition coefficient (Wildman–Crippen LogP) is 2.36. The lowest BCUT2D eigenvalue weighted by Crippen LogP contribution is -2.47. The summed E-state index contributed by atoms with van der Waals surface area (Å²) >= 11 is 5.77. The van der Waals surface area contributed by atoms with E-state index in [0.29, 0.717) is 11.0 Å². The summed E-state index contributed by atoms with van der Waals surface area (Å²) in [5.41, 5.74) is 1.31. The van der Waals surface area contributed by atoms with Crippen molar-refractivity contribution in [2.75, 3.05) is 49.5 Å². The van der Waals surface area contributed by atoms with Crippen LogP contribution in [0.4, 0.5) is 11.6 Å². The van der Waals surface area contributed by atoms with Crippen molar-refractivity contribution in [2.45, 2.75) is 0 Å². The highest BCUT2D eigenvalue weighted by molar-refractivity contribution is 6.30. The molecule has 1 fully saturated rings. The highest BCUT2D eigenvalue weighted by Crippen LogP contribution is 2.15. The molecule has 2 aromatic rings. The maximum absolute atomic E-state index is 5.77. The smallest absolute Gasteiger partial charge is 0.222 e. The number of nitrogens with one attached hydrogen (secondary N) is 1. The van der Waals surface area contributed by atoms with Crippen molar-refractivity contribution < 1.29 is 0 Å². The van der Waals surface area contributed by atoms with Crippen molar-refractivity contribution >= 4 is 23.2 Å². The number of anilines is 2. The van der Waals surface area contributed by atoms with Gasteiger partial charge in [0.05, 0.1) is 17.4 Å². The molecule has 0 radical (unpaired) electrons. The second-order valence-corrected chi connectivity index (χ2v) is 5.75. The van der Waals surface area contributed by atoms with Gasteiger partial charge in [0.2, 0.25) is 5.95 Å². The van der Waals surface area contributed by atoms with Crippen molar-refractivity contribution in [3.63, 3.8) is 0 Å². The zero-order valence-corrected chi connectivity index (χ0v) is 13.2. The minimum absolute atomic E-state index is 0.558. The molecule has 1 aliphatic rings. The summed E-state index contributed by atoms with van der Waals surface area (Å²) in [5.74, 6) is 0.632. The molecule has 2 heterocycles. The Bertz CT molecular complexity index is 567. The van der Waals surface area contributed by atoms with Gasteiger partial charge in [0.15, 0.2) is 0 Å². The summed E-state index contributed by atoms with van der Waals surface area (Å²) in [7, 11) is 0. The lowest BCUT2D eigenvalue weighted by Gasteiger charge is -2.36.